The molecular formula is C19H26N4O4. The maximum Gasteiger partial charge on any atom is 0.276 e. The summed E-state index contributed by atoms with van der Waals surface area (Å²) in [5, 5.41) is 8.14. The highest BCUT2D eigenvalue weighted by atomic mass is 16.5. The van der Waals surface area contributed by atoms with Gasteiger partial charge < -0.3 is 18.7 Å². The Labute approximate surface area is 158 Å². The van der Waals surface area contributed by atoms with Crippen molar-refractivity contribution in [1.29, 1.82) is 0 Å². The summed E-state index contributed by atoms with van der Waals surface area (Å²) in [7, 11) is 1.59. The largest absolute Gasteiger partial charge is 0.380 e. The molecule has 4 rings (SSSR count). The quantitative estimate of drug-likeness (QED) is 0.767. The Morgan fingerprint density at radius 1 is 1.19 bits per heavy atom. The van der Waals surface area contributed by atoms with Gasteiger partial charge in [0, 0.05) is 32.0 Å². The van der Waals surface area contributed by atoms with Gasteiger partial charge in [0.05, 0.1) is 12.2 Å². The van der Waals surface area contributed by atoms with E-state index in [0.29, 0.717) is 42.8 Å². The molecule has 1 unspecified atom stereocenters. The molecule has 0 radical (unpaired) electrons. The number of aryl methyl sites for hydroxylation is 1. The number of rotatable bonds is 6. The second-order valence-corrected chi connectivity index (χ2v) is 7.53. The van der Waals surface area contributed by atoms with Crippen molar-refractivity contribution in [2.24, 2.45) is 0 Å². The topological polar surface area (TPSA) is 94.5 Å². The highest BCUT2D eigenvalue weighted by Gasteiger charge is 2.34. The van der Waals surface area contributed by atoms with Crippen molar-refractivity contribution in [2.45, 2.75) is 70.4 Å². The molecular weight excluding hydrogens is 348 g/mol. The van der Waals surface area contributed by atoms with Crippen LogP contribution in [-0.2, 0) is 17.8 Å². The monoisotopic (exact) mass is 374 g/mol. The highest BCUT2D eigenvalue weighted by Crippen LogP contribution is 2.33. The van der Waals surface area contributed by atoms with Gasteiger partial charge in [-0.2, -0.15) is 4.98 Å². The molecule has 8 nitrogen and oxygen atoms in total. The van der Waals surface area contributed by atoms with E-state index in [9.17, 15) is 4.79 Å². The molecule has 0 spiro atoms. The van der Waals surface area contributed by atoms with E-state index in [1.807, 2.05) is 4.90 Å². The van der Waals surface area contributed by atoms with E-state index in [0.717, 1.165) is 37.1 Å². The lowest BCUT2D eigenvalue weighted by Crippen LogP contribution is -2.37. The minimum Gasteiger partial charge on any atom is -0.380 e. The summed E-state index contributed by atoms with van der Waals surface area (Å²) < 4.78 is 15.9. The first kappa shape index (κ1) is 18.2. The van der Waals surface area contributed by atoms with Crippen molar-refractivity contribution >= 4 is 5.91 Å². The molecule has 27 heavy (non-hydrogen) atoms. The fourth-order valence-electron chi connectivity index (χ4n) is 4.22. The van der Waals surface area contributed by atoms with Gasteiger partial charge in [0.15, 0.2) is 11.5 Å². The highest BCUT2D eigenvalue weighted by molar-refractivity contribution is 5.94. The SMILES string of the molecule is COCc1c(C(=O)N2CCCC2Cc2noc(C3CCCC3)n2)noc1C. The third-order valence-electron chi connectivity index (χ3n) is 5.72. The number of hydrogen-bond acceptors (Lipinski definition) is 7. The lowest BCUT2D eigenvalue weighted by molar-refractivity contribution is 0.0720. The van der Waals surface area contributed by atoms with Crippen LogP contribution in [0.25, 0.3) is 0 Å². The Hall–Kier alpha value is -2.22. The van der Waals surface area contributed by atoms with E-state index in [2.05, 4.69) is 15.3 Å². The zero-order chi connectivity index (χ0) is 18.8. The number of hydrogen-bond donors (Lipinski definition) is 0. The van der Waals surface area contributed by atoms with Crippen LogP contribution in [0.15, 0.2) is 9.05 Å². The molecule has 8 heteroatoms. The average Bonchev–Trinajstić information content (AvgIpc) is 3.43. The van der Waals surface area contributed by atoms with Crippen LogP contribution < -0.4 is 0 Å². The summed E-state index contributed by atoms with van der Waals surface area (Å²) in [6.07, 6.45) is 7.21. The first-order valence-electron chi connectivity index (χ1n) is 9.75. The number of ether oxygens (including phenoxy) is 1. The van der Waals surface area contributed by atoms with E-state index in [4.69, 9.17) is 13.8 Å². The number of carbonyl (C=O) groups is 1. The number of nitrogens with zero attached hydrogens (tertiary/aromatic N) is 4. The Kier molecular flexibility index (Phi) is 5.24. The zero-order valence-electron chi connectivity index (χ0n) is 15.9. The maximum absolute atomic E-state index is 13.1. The first-order chi connectivity index (χ1) is 13.2. The normalized spacial score (nSPS) is 20.7. The minimum atomic E-state index is -0.110. The Balaban J connectivity index is 1.47. The zero-order valence-corrected chi connectivity index (χ0v) is 15.9. The van der Waals surface area contributed by atoms with E-state index in [1.165, 1.54) is 12.8 Å². The van der Waals surface area contributed by atoms with Gasteiger partial charge in [0.1, 0.15) is 5.76 Å². The molecule has 1 atom stereocenters. The van der Waals surface area contributed by atoms with Gasteiger partial charge in [0.25, 0.3) is 5.91 Å². The van der Waals surface area contributed by atoms with Crippen LogP contribution in [-0.4, -0.2) is 45.8 Å². The lowest BCUT2D eigenvalue weighted by Gasteiger charge is -2.23. The number of likely N-dealkylation sites (tertiary alicyclic amines) is 1. The second-order valence-electron chi connectivity index (χ2n) is 7.53. The van der Waals surface area contributed by atoms with E-state index in [1.54, 1.807) is 14.0 Å². The molecule has 2 aromatic rings. The van der Waals surface area contributed by atoms with Crippen LogP contribution in [0.1, 0.15) is 78.0 Å². The smallest absolute Gasteiger partial charge is 0.276 e. The molecule has 2 aliphatic rings. The second kappa shape index (κ2) is 7.80. The van der Waals surface area contributed by atoms with E-state index in [-0.39, 0.29) is 11.9 Å². The van der Waals surface area contributed by atoms with Crippen molar-refractivity contribution in [3.63, 3.8) is 0 Å². The Bertz CT molecular complexity index is 793. The first-order valence-corrected chi connectivity index (χ1v) is 9.75. The third-order valence-corrected chi connectivity index (χ3v) is 5.72. The van der Waals surface area contributed by atoms with Crippen LogP contribution in [0, 0.1) is 6.92 Å². The predicted octanol–water partition coefficient (Wildman–Crippen LogP) is 3.02. The van der Waals surface area contributed by atoms with Gasteiger partial charge in [-0.3, -0.25) is 4.79 Å². The molecule has 2 fully saturated rings. The fourth-order valence-corrected chi connectivity index (χ4v) is 4.22. The summed E-state index contributed by atoms with van der Waals surface area (Å²) in [6.45, 7) is 2.81. The Morgan fingerprint density at radius 3 is 2.78 bits per heavy atom. The number of methoxy groups -OCH3 is 1. The van der Waals surface area contributed by atoms with Crippen molar-refractivity contribution in [1.82, 2.24) is 20.2 Å². The van der Waals surface area contributed by atoms with Crippen LogP contribution >= 0.6 is 0 Å². The molecule has 2 aromatic heterocycles. The van der Waals surface area contributed by atoms with Gasteiger partial charge in [-0.05, 0) is 32.6 Å². The summed E-state index contributed by atoms with van der Waals surface area (Å²) in [4.78, 5) is 19.5. The number of amides is 1. The summed E-state index contributed by atoms with van der Waals surface area (Å²) >= 11 is 0. The van der Waals surface area contributed by atoms with Gasteiger partial charge in [-0.1, -0.05) is 23.2 Å². The molecule has 1 aliphatic heterocycles. The van der Waals surface area contributed by atoms with Gasteiger partial charge >= 0.3 is 0 Å². The number of aromatic nitrogens is 3. The van der Waals surface area contributed by atoms with Crippen LogP contribution in [0.3, 0.4) is 0 Å². The molecule has 1 saturated carbocycles. The minimum absolute atomic E-state index is 0.0546. The summed E-state index contributed by atoms with van der Waals surface area (Å²) in [5.41, 5.74) is 1.07. The van der Waals surface area contributed by atoms with Crippen LogP contribution in [0.5, 0.6) is 0 Å². The Morgan fingerprint density at radius 2 is 2.00 bits per heavy atom. The molecule has 0 aromatic carbocycles. The molecule has 1 saturated heterocycles. The van der Waals surface area contributed by atoms with Gasteiger partial charge in [-0.25, -0.2) is 0 Å². The van der Waals surface area contributed by atoms with Gasteiger partial charge in [-0.15, -0.1) is 0 Å². The maximum atomic E-state index is 13.1. The predicted molar refractivity (Wildman–Crippen MR) is 95.2 cm³/mol. The summed E-state index contributed by atoms with van der Waals surface area (Å²) in [5.74, 6) is 2.36. The molecule has 0 N–H and O–H groups in total. The molecule has 3 heterocycles. The molecule has 1 aliphatic carbocycles. The average molecular weight is 374 g/mol. The van der Waals surface area contributed by atoms with Crippen molar-refractivity contribution in [3.05, 3.63) is 28.7 Å². The van der Waals surface area contributed by atoms with Crippen molar-refractivity contribution in [2.75, 3.05) is 13.7 Å². The standard InChI is InChI=1S/C19H26N4O4/c1-12-15(11-25-2)17(22-26-12)19(24)23-9-5-8-14(23)10-16-20-18(27-21-16)13-6-3-4-7-13/h13-14H,3-11H2,1-2H3. The van der Waals surface area contributed by atoms with Gasteiger partial charge in [0.2, 0.25) is 5.89 Å². The number of carbonyl (C=O) groups excluding carboxylic acids is 1. The summed E-state index contributed by atoms with van der Waals surface area (Å²) in [6, 6.07) is 0.0546. The lowest BCUT2D eigenvalue weighted by atomic mass is 10.1. The fraction of sp³-hybridized carbons (Fsp3) is 0.684. The van der Waals surface area contributed by atoms with E-state index < -0.39 is 0 Å². The van der Waals surface area contributed by atoms with Crippen LogP contribution in [0.4, 0.5) is 0 Å². The molecule has 1 amide bonds. The molecule has 146 valence electrons. The van der Waals surface area contributed by atoms with Crippen molar-refractivity contribution in [3.8, 4) is 0 Å². The van der Waals surface area contributed by atoms with Crippen molar-refractivity contribution < 1.29 is 18.6 Å². The molecule has 0 bridgehead atoms. The third kappa shape index (κ3) is 3.63. The van der Waals surface area contributed by atoms with E-state index >= 15 is 0 Å². The van der Waals surface area contributed by atoms with Crippen LogP contribution in [0.2, 0.25) is 0 Å².